The number of hydrogen-bond donors (Lipinski definition) is 2. The lowest BCUT2D eigenvalue weighted by Gasteiger charge is -2.36. The van der Waals surface area contributed by atoms with Crippen LogP contribution in [0.5, 0.6) is 0 Å². The van der Waals surface area contributed by atoms with E-state index in [9.17, 15) is 9.18 Å². The number of carbonyl (C=O) groups excluding carboxylic acids is 1. The van der Waals surface area contributed by atoms with Gasteiger partial charge in [0, 0.05) is 17.6 Å². The van der Waals surface area contributed by atoms with E-state index < -0.39 is 0 Å². The van der Waals surface area contributed by atoms with Crippen molar-refractivity contribution >= 4 is 5.91 Å². The van der Waals surface area contributed by atoms with Gasteiger partial charge in [-0.2, -0.15) is 0 Å². The minimum atomic E-state index is -0.326. The summed E-state index contributed by atoms with van der Waals surface area (Å²) in [6.45, 7) is 5.21. The first-order valence-corrected chi connectivity index (χ1v) is 6.37. The Balaban J connectivity index is 2.04. The molecule has 0 spiro atoms. The smallest absolute Gasteiger partial charge is 0.251 e. The number of halogens is 1. The second kappa shape index (κ2) is 5.48. The summed E-state index contributed by atoms with van der Waals surface area (Å²) < 4.78 is 12.8. The largest absolute Gasteiger partial charge is 0.347 e. The maximum absolute atomic E-state index is 12.8. The SMILES string of the molecule is CC1CCNC(C)C1NC(=O)c1ccc(F)cc1. The Morgan fingerprint density at radius 3 is 2.61 bits per heavy atom. The number of carbonyl (C=O) groups is 1. The number of benzene rings is 1. The van der Waals surface area contributed by atoms with Crippen LogP contribution < -0.4 is 10.6 Å². The molecule has 1 aromatic rings. The molecule has 3 unspecified atom stereocenters. The van der Waals surface area contributed by atoms with Crippen molar-refractivity contribution in [3.63, 3.8) is 0 Å². The third-order valence-electron chi connectivity index (χ3n) is 3.62. The van der Waals surface area contributed by atoms with E-state index >= 15 is 0 Å². The van der Waals surface area contributed by atoms with Gasteiger partial charge >= 0.3 is 0 Å². The van der Waals surface area contributed by atoms with Gasteiger partial charge in [0.1, 0.15) is 5.82 Å². The molecule has 3 atom stereocenters. The Kier molecular flexibility index (Phi) is 3.97. The molecule has 2 rings (SSSR count). The lowest BCUT2D eigenvalue weighted by atomic mass is 9.89. The van der Waals surface area contributed by atoms with Crippen LogP contribution in [0.3, 0.4) is 0 Å². The molecule has 3 nitrogen and oxygen atoms in total. The highest BCUT2D eigenvalue weighted by Crippen LogP contribution is 2.16. The Bertz CT molecular complexity index is 408. The molecule has 1 saturated heterocycles. The Hall–Kier alpha value is -1.42. The Labute approximate surface area is 107 Å². The highest BCUT2D eigenvalue weighted by atomic mass is 19.1. The summed E-state index contributed by atoms with van der Waals surface area (Å²) >= 11 is 0. The van der Waals surface area contributed by atoms with Crippen molar-refractivity contribution in [2.45, 2.75) is 32.4 Å². The van der Waals surface area contributed by atoms with Crippen LogP contribution >= 0.6 is 0 Å². The van der Waals surface area contributed by atoms with Gasteiger partial charge in [-0.15, -0.1) is 0 Å². The molecule has 1 aliphatic rings. The van der Waals surface area contributed by atoms with Crippen molar-refractivity contribution < 1.29 is 9.18 Å². The monoisotopic (exact) mass is 250 g/mol. The van der Waals surface area contributed by atoms with Crippen molar-refractivity contribution in [2.75, 3.05) is 6.54 Å². The molecule has 1 aliphatic heterocycles. The second-order valence-corrected chi connectivity index (χ2v) is 5.01. The molecule has 98 valence electrons. The molecular weight excluding hydrogens is 231 g/mol. The van der Waals surface area contributed by atoms with E-state index in [0.29, 0.717) is 11.5 Å². The van der Waals surface area contributed by atoms with E-state index in [0.717, 1.165) is 13.0 Å². The zero-order valence-corrected chi connectivity index (χ0v) is 10.7. The van der Waals surface area contributed by atoms with Crippen molar-refractivity contribution in [2.24, 2.45) is 5.92 Å². The first kappa shape index (κ1) is 13.0. The fourth-order valence-corrected chi connectivity index (χ4v) is 2.44. The minimum Gasteiger partial charge on any atom is -0.347 e. The summed E-state index contributed by atoms with van der Waals surface area (Å²) in [5, 5.41) is 6.38. The molecule has 1 aromatic carbocycles. The summed E-state index contributed by atoms with van der Waals surface area (Å²) in [5.41, 5.74) is 0.501. The van der Waals surface area contributed by atoms with Gasteiger partial charge in [-0.05, 0) is 50.1 Å². The zero-order chi connectivity index (χ0) is 13.1. The fraction of sp³-hybridized carbons (Fsp3) is 0.500. The van der Waals surface area contributed by atoms with Gasteiger partial charge in [0.05, 0.1) is 0 Å². The average Bonchev–Trinajstić information content (AvgIpc) is 2.34. The Morgan fingerprint density at radius 2 is 2.00 bits per heavy atom. The van der Waals surface area contributed by atoms with E-state index in [-0.39, 0.29) is 23.8 Å². The third kappa shape index (κ3) is 2.88. The molecule has 1 heterocycles. The summed E-state index contributed by atoms with van der Waals surface area (Å²) in [7, 11) is 0. The van der Waals surface area contributed by atoms with Crippen LogP contribution in [0.1, 0.15) is 30.6 Å². The number of hydrogen-bond acceptors (Lipinski definition) is 2. The van der Waals surface area contributed by atoms with Crippen molar-refractivity contribution in [1.29, 1.82) is 0 Å². The first-order valence-electron chi connectivity index (χ1n) is 6.37. The molecule has 18 heavy (non-hydrogen) atoms. The van der Waals surface area contributed by atoms with Gasteiger partial charge in [-0.1, -0.05) is 6.92 Å². The lowest BCUT2D eigenvalue weighted by Crippen LogP contribution is -2.55. The molecule has 0 saturated carbocycles. The molecule has 1 fully saturated rings. The molecule has 4 heteroatoms. The number of nitrogens with one attached hydrogen (secondary N) is 2. The molecule has 2 N–H and O–H groups in total. The van der Waals surface area contributed by atoms with E-state index in [1.165, 1.54) is 24.3 Å². The molecule has 0 aliphatic carbocycles. The van der Waals surface area contributed by atoms with Gasteiger partial charge < -0.3 is 10.6 Å². The highest BCUT2D eigenvalue weighted by Gasteiger charge is 2.28. The zero-order valence-electron chi connectivity index (χ0n) is 10.7. The van der Waals surface area contributed by atoms with Crippen LogP contribution in [0, 0.1) is 11.7 Å². The van der Waals surface area contributed by atoms with Crippen LogP contribution in [0.2, 0.25) is 0 Å². The topological polar surface area (TPSA) is 41.1 Å². The average molecular weight is 250 g/mol. The molecule has 0 bridgehead atoms. The second-order valence-electron chi connectivity index (χ2n) is 5.01. The summed E-state index contributed by atoms with van der Waals surface area (Å²) in [6, 6.07) is 6.02. The van der Waals surface area contributed by atoms with E-state index in [4.69, 9.17) is 0 Å². The fourth-order valence-electron chi connectivity index (χ4n) is 2.44. The number of amides is 1. The van der Waals surface area contributed by atoms with Crippen LogP contribution in [-0.4, -0.2) is 24.5 Å². The van der Waals surface area contributed by atoms with E-state index in [2.05, 4.69) is 24.5 Å². The number of rotatable bonds is 2. The maximum atomic E-state index is 12.8. The predicted molar refractivity (Wildman–Crippen MR) is 68.9 cm³/mol. The van der Waals surface area contributed by atoms with Crippen molar-refractivity contribution in [3.05, 3.63) is 35.6 Å². The van der Waals surface area contributed by atoms with Gasteiger partial charge in [0.15, 0.2) is 0 Å². The molecular formula is C14H19FN2O. The predicted octanol–water partition coefficient (Wildman–Crippen LogP) is 1.94. The van der Waals surface area contributed by atoms with Gasteiger partial charge in [0.25, 0.3) is 5.91 Å². The van der Waals surface area contributed by atoms with Crippen LogP contribution in [-0.2, 0) is 0 Å². The third-order valence-corrected chi connectivity index (χ3v) is 3.62. The lowest BCUT2D eigenvalue weighted by molar-refractivity contribution is 0.0897. The van der Waals surface area contributed by atoms with Crippen LogP contribution in [0.25, 0.3) is 0 Å². The number of piperidine rings is 1. The minimum absolute atomic E-state index is 0.122. The van der Waals surface area contributed by atoms with E-state index in [1.54, 1.807) is 0 Å². The van der Waals surface area contributed by atoms with Crippen molar-refractivity contribution in [1.82, 2.24) is 10.6 Å². The summed E-state index contributed by atoms with van der Waals surface area (Å²) in [4.78, 5) is 12.1. The molecule has 0 radical (unpaired) electrons. The quantitative estimate of drug-likeness (QED) is 0.842. The van der Waals surface area contributed by atoms with E-state index in [1.807, 2.05) is 0 Å². The Morgan fingerprint density at radius 1 is 1.33 bits per heavy atom. The van der Waals surface area contributed by atoms with Gasteiger partial charge in [0.2, 0.25) is 0 Å². The van der Waals surface area contributed by atoms with Crippen LogP contribution in [0.4, 0.5) is 4.39 Å². The molecule has 1 amide bonds. The standard InChI is InChI=1S/C14H19FN2O/c1-9-7-8-16-10(2)13(9)17-14(18)11-3-5-12(15)6-4-11/h3-6,9-10,13,16H,7-8H2,1-2H3,(H,17,18). The summed E-state index contributed by atoms with van der Waals surface area (Å²) in [5.74, 6) is -0.0133. The maximum Gasteiger partial charge on any atom is 0.251 e. The van der Waals surface area contributed by atoms with Gasteiger partial charge in [-0.25, -0.2) is 4.39 Å². The first-order chi connectivity index (χ1) is 8.58. The van der Waals surface area contributed by atoms with Gasteiger partial charge in [-0.3, -0.25) is 4.79 Å². The summed E-state index contributed by atoms with van der Waals surface area (Å²) in [6.07, 6.45) is 1.05. The normalized spacial score (nSPS) is 27.8. The van der Waals surface area contributed by atoms with Crippen LogP contribution in [0.15, 0.2) is 24.3 Å². The highest BCUT2D eigenvalue weighted by molar-refractivity contribution is 5.94. The van der Waals surface area contributed by atoms with Crippen molar-refractivity contribution in [3.8, 4) is 0 Å². The molecule has 0 aromatic heterocycles.